The van der Waals surface area contributed by atoms with Gasteiger partial charge in [-0.3, -0.25) is 0 Å². The third-order valence-corrected chi connectivity index (χ3v) is 2.86. The second-order valence-electron chi connectivity index (χ2n) is 4.55. The Hall–Kier alpha value is -1.61. The summed E-state index contributed by atoms with van der Waals surface area (Å²) in [6, 6.07) is 7.19. The number of aliphatic hydroxyl groups excluding tert-OH is 2. The lowest BCUT2D eigenvalue weighted by molar-refractivity contribution is 0.0694. The Morgan fingerprint density at radius 3 is 2.63 bits per heavy atom. The van der Waals surface area contributed by atoms with Crippen molar-refractivity contribution in [2.45, 2.75) is 19.1 Å². The maximum Gasteiger partial charge on any atom is 0.0992 e. The summed E-state index contributed by atoms with van der Waals surface area (Å²) < 4.78 is 4.88. The summed E-state index contributed by atoms with van der Waals surface area (Å²) in [6.07, 6.45) is -1.26. The molecule has 2 unspecified atom stereocenters. The Morgan fingerprint density at radius 2 is 2.11 bits per heavy atom. The zero-order chi connectivity index (χ0) is 14.4. The van der Waals surface area contributed by atoms with Crippen LogP contribution >= 0.6 is 0 Å². The van der Waals surface area contributed by atoms with Crippen molar-refractivity contribution in [1.29, 1.82) is 5.26 Å². The van der Waals surface area contributed by atoms with E-state index >= 15 is 0 Å². The second kappa shape index (κ2) is 7.10. The quantitative estimate of drug-likeness (QED) is 0.803. The van der Waals surface area contributed by atoms with Crippen LogP contribution in [0.4, 0.5) is 5.69 Å². The lowest BCUT2D eigenvalue weighted by Crippen LogP contribution is -2.32. The summed E-state index contributed by atoms with van der Waals surface area (Å²) in [5, 5.41) is 28.4. The molecule has 0 heterocycles. The van der Waals surface area contributed by atoms with E-state index in [0.717, 1.165) is 11.3 Å². The molecular weight excluding hydrogens is 244 g/mol. The van der Waals surface area contributed by atoms with Crippen LogP contribution in [0.3, 0.4) is 0 Å². The molecule has 2 N–H and O–H groups in total. The molecular formula is C14H20N2O3. The summed E-state index contributed by atoms with van der Waals surface area (Å²) in [5.41, 5.74) is 1.99. The highest BCUT2D eigenvalue weighted by Crippen LogP contribution is 2.27. The molecule has 0 aliphatic carbocycles. The minimum atomic E-state index is -0.634. The molecule has 5 nitrogen and oxygen atoms in total. The molecule has 0 saturated heterocycles. The standard InChI is InChI=1S/C14H20N2O3/c1-10(17)13-5-4-11(7-15)6-14(13)16(2)8-12(18)9-19-3/h4-6,10,12,17-18H,8-9H2,1-3H3. The molecule has 0 saturated carbocycles. The van der Waals surface area contributed by atoms with Crippen LogP contribution in [0.2, 0.25) is 0 Å². The van der Waals surface area contributed by atoms with Crippen molar-refractivity contribution in [2.75, 3.05) is 32.2 Å². The number of methoxy groups -OCH3 is 1. The van der Waals surface area contributed by atoms with Crippen molar-refractivity contribution in [1.82, 2.24) is 0 Å². The van der Waals surface area contributed by atoms with Gasteiger partial charge in [-0.05, 0) is 19.1 Å². The number of nitrogens with zero attached hydrogens (tertiary/aromatic N) is 2. The van der Waals surface area contributed by atoms with Crippen LogP contribution in [0.25, 0.3) is 0 Å². The molecule has 2 atom stereocenters. The molecule has 0 aliphatic heterocycles. The second-order valence-corrected chi connectivity index (χ2v) is 4.55. The van der Waals surface area contributed by atoms with Gasteiger partial charge < -0.3 is 19.8 Å². The lowest BCUT2D eigenvalue weighted by Gasteiger charge is -2.26. The van der Waals surface area contributed by atoms with Crippen molar-refractivity contribution in [3.05, 3.63) is 29.3 Å². The van der Waals surface area contributed by atoms with Crippen molar-refractivity contribution < 1.29 is 14.9 Å². The van der Waals surface area contributed by atoms with Crippen molar-refractivity contribution in [3.8, 4) is 6.07 Å². The average molecular weight is 264 g/mol. The third-order valence-electron chi connectivity index (χ3n) is 2.86. The normalized spacial score (nSPS) is 13.7. The van der Waals surface area contributed by atoms with Crippen LogP contribution in [0.1, 0.15) is 24.2 Å². The summed E-state index contributed by atoms with van der Waals surface area (Å²) in [6.45, 7) is 2.28. The Morgan fingerprint density at radius 1 is 1.42 bits per heavy atom. The fourth-order valence-corrected chi connectivity index (χ4v) is 1.96. The van der Waals surface area contributed by atoms with Gasteiger partial charge in [-0.25, -0.2) is 0 Å². The smallest absolute Gasteiger partial charge is 0.0992 e. The molecule has 5 heteroatoms. The number of nitriles is 1. The number of rotatable bonds is 6. The maximum absolute atomic E-state index is 9.76. The van der Waals surface area contributed by atoms with E-state index in [1.54, 1.807) is 32.2 Å². The van der Waals surface area contributed by atoms with E-state index in [2.05, 4.69) is 6.07 Å². The van der Waals surface area contributed by atoms with Gasteiger partial charge in [0.25, 0.3) is 0 Å². The van der Waals surface area contributed by atoms with E-state index in [-0.39, 0.29) is 6.61 Å². The van der Waals surface area contributed by atoms with E-state index in [0.29, 0.717) is 12.1 Å². The Labute approximate surface area is 113 Å². The number of aliphatic hydroxyl groups is 2. The molecule has 0 aromatic heterocycles. The van der Waals surface area contributed by atoms with Gasteiger partial charge in [0.1, 0.15) is 0 Å². The van der Waals surface area contributed by atoms with Crippen molar-refractivity contribution >= 4 is 5.69 Å². The first-order chi connectivity index (χ1) is 8.99. The fraction of sp³-hybridized carbons (Fsp3) is 0.500. The summed E-state index contributed by atoms with van der Waals surface area (Å²) in [5.74, 6) is 0. The van der Waals surface area contributed by atoms with Crippen LogP contribution in [0.15, 0.2) is 18.2 Å². The van der Waals surface area contributed by atoms with Crippen LogP contribution < -0.4 is 4.90 Å². The van der Waals surface area contributed by atoms with E-state index in [1.807, 2.05) is 4.90 Å². The highest BCUT2D eigenvalue weighted by atomic mass is 16.5. The molecule has 104 valence electrons. The first-order valence-electron chi connectivity index (χ1n) is 6.09. The van der Waals surface area contributed by atoms with Gasteiger partial charge in [0.2, 0.25) is 0 Å². The topological polar surface area (TPSA) is 76.7 Å². The molecule has 19 heavy (non-hydrogen) atoms. The minimum absolute atomic E-state index is 0.242. The Kier molecular flexibility index (Phi) is 5.77. The van der Waals surface area contributed by atoms with Crippen LogP contribution in [-0.2, 0) is 4.74 Å². The Balaban J connectivity index is 2.99. The highest BCUT2D eigenvalue weighted by molar-refractivity contribution is 5.58. The molecule has 1 rings (SSSR count). The molecule has 0 radical (unpaired) electrons. The van der Waals surface area contributed by atoms with Crippen LogP contribution in [0, 0.1) is 11.3 Å². The number of ether oxygens (including phenoxy) is 1. The molecule has 0 spiro atoms. The number of likely N-dealkylation sites (N-methyl/N-ethyl adjacent to an activating group) is 1. The van der Waals surface area contributed by atoms with Crippen LogP contribution in [0.5, 0.6) is 0 Å². The summed E-state index contributed by atoms with van der Waals surface area (Å²) >= 11 is 0. The SMILES string of the molecule is COCC(O)CN(C)c1cc(C#N)ccc1C(C)O. The van der Waals surface area contributed by atoms with Crippen LogP contribution in [-0.4, -0.2) is 43.6 Å². The first kappa shape index (κ1) is 15.4. The number of hydrogen-bond donors (Lipinski definition) is 2. The predicted octanol–water partition coefficient (Wildman–Crippen LogP) is 1.06. The first-order valence-corrected chi connectivity index (χ1v) is 6.09. The summed E-state index contributed by atoms with van der Waals surface area (Å²) in [4.78, 5) is 1.81. The van der Waals surface area contributed by atoms with Gasteiger partial charge >= 0.3 is 0 Å². The molecule has 0 fully saturated rings. The average Bonchev–Trinajstić information content (AvgIpc) is 2.37. The highest BCUT2D eigenvalue weighted by Gasteiger charge is 2.15. The third kappa shape index (κ3) is 4.21. The van der Waals surface area contributed by atoms with E-state index < -0.39 is 12.2 Å². The van der Waals surface area contributed by atoms with Gasteiger partial charge in [0.05, 0.1) is 30.4 Å². The monoisotopic (exact) mass is 264 g/mol. The minimum Gasteiger partial charge on any atom is -0.389 e. The largest absolute Gasteiger partial charge is 0.389 e. The molecule has 1 aromatic carbocycles. The predicted molar refractivity (Wildman–Crippen MR) is 72.9 cm³/mol. The van der Waals surface area contributed by atoms with Gasteiger partial charge in [-0.15, -0.1) is 0 Å². The van der Waals surface area contributed by atoms with E-state index in [1.165, 1.54) is 7.11 Å². The van der Waals surface area contributed by atoms with E-state index in [4.69, 9.17) is 10.00 Å². The zero-order valence-corrected chi connectivity index (χ0v) is 11.5. The number of benzene rings is 1. The maximum atomic E-state index is 9.76. The van der Waals surface area contributed by atoms with Crippen molar-refractivity contribution in [3.63, 3.8) is 0 Å². The zero-order valence-electron chi connectivity index (χ0n) is 11.5. The number of anilines is 1. The van der Waals surface area contributed by atoms with Gasteiger partial charge in [0, 0.05) is 32.0 Å². The van der Waals surface area contributed by atoms with E-state index in [9.17, 15) is 10.2 Å². The van der Waals surface area contributed by atoms with Crippen molar-refractivity contribution in [2.24, 2.45) is 0 Å². The molecule has 0 amide bonds. The van der Waals surface area contributed by atoms with Gasteiger partial charge in [-0.2, -0.15) is 5.26 Å². The van der Waals surface area contributed by atoms with Gasteiger partial charge in [0.15, 0.2) is 0 Å². The molecule has 0 aliphatic rings. The molecule has 1 aromatic rings. The van der Waals surface area contributed by atoms with Gasteiger partial charge in [-0.1, -0.05) is 6.07 Å². The summed E-state index contributed by atoms with van der Waals surface area (Å²) in [7, 11) is 3.34. The molecule has 0 bridgehead atoms. The fourth-order valence-electron chi connectivity index (χ4n) is 1.96. The number of hydrogen-bond acceptors (Lipinski definition) is 5. The Bertz CT molecular complexity index is 454. The lowest BCUT2D eigenvalue weighted by atomic mass is 10.0.